The van der Waals surface area contributed by atoms with Crippen molar-refractivity contribution in [3.8, 4) is 0 Å². The maximum absolute atomic E-state index is 12.8. The van der Waals surface area contributed by atoms with Gasteiger partial charge in [-0.15, -0.1) is 0 Å². The maximum atomic E-state index is 12.8. The van der Waals surface area contributed by atoms with E-state index >= 15 is 0 Å². The molecular formula is C17H20N2O2. The van der Waals surface area contributed by atoms with E-state index in [0.29, 0.717) is 18.3 Å². The minimum atomic E-state index is -0.191. The third kappa shape index (κ3) is 3.10. The molecule has 0 spiro atoms. The van der Waals surface area contributed by atoms with Gasteiger partial charge in [0, 0.05) is 11.7 Å². The van der Waals surface area contributed by atoms with E-state index in [0.717, 1.165) is 24.2 Å². The van der Waals surface area contributed by atoms with Crippen LogP contribution < -0.4 is 5.73 Å². The normalized spacial score (nSPS) is 15.7. The summed E-state index contributed by atoms with van der Waals surface area (Å²) in [6.07, 6.45) is 3.80. The number of hydrogen-bond acceptors (Lipinski definition) is 3. The number of nitrogens with two attached hydrogens (primary N) is 1. The van der Waals surface area contributed by atoms with Crippen LogP contribution in [0.5, 0.6) is 0 Å². The largest absolute Gasteiger partial charge is 0.467 e. The Kier molecular flexibility index (Phi) is 3.69. The van der Waals surface area contributed by atoms with Gasteiger partial charge in [0.15, 0.2) is 0 Å². The van der Waals surface area contributed by atoms with E-state index in [1.54, 1.807) is 6.26 Å². The highest BCUT2D eigenvalue weighted by molar-refractivity contribution is 5.84. The Morgan fingerprint density at radius 2 is 2.19 bits per heavy atom. The minimum absolute atomic E-state index is 0.138. The zero-order valence-electron chi connectivity index (χ0n) is 12.2. The second-order valence-electron chi connectivity index (χ2n) is 5.67. The lowest BCUT2D eigenvalue weighted by Gasteiger charge is -2.25. The second-order valence-corrected chi connectivity index (χ2v) is 5.67. The van der Waals surface area contributed by atoms with E-state index in [9.17, 15) is 4.79 Å². The van der Waals surface area contributed by atoms with E-state index in [-0.39, 0.29) is 11.8 Å². The standard InChI is InChI=1S/C17H20N2O2/c1-12(13-4-2-5-14(18)10-13)17(20)19(15-7-8-15)11-16-6-3-9-21-16/h2-6,9-10,12,15H,7-8,11,18H2,1H3. The van der Waals surface area contributed by atoms with Crippen molar-refractivity contribution >= 4 is 11.6 Å². The fourth-order valence-corrected chi connectivity index (χ4v) is 2.56. The molecule has 2 N–H and O–H groups in total. The Bertz CT molecular complexity index is 617. The van der Waals surface area contributed by atoms with Crippen molar-refractivity contribution in [1.82, 2.24) is 4.90 Å². The van der Waals surface area contributed by atoms with Gasteiger partial charge in [0.2, 0.25) is 5.91 Å². The molecule has 4 heteroatoms. The lowest BCUT2D eigenvalue weighted by atomic mass is 9.99. The number of furan rings is 1. The third-order valence-electron chi connectivity index (χ3n) is 3.96. The number of rotatable bonds is 5. The quantitative estimate of drug-likeness (QED) is 0.858. The summed E-state index contributed by atoms with van der Waals surface area (Å²) in [5.74, 6) is 0.776. The smallest absolute Gasteiger partial charge is 0.230 e. The first-order valence-electron chi connectivity index (χ1n) is 7.33. The van der Waals surface area contributed by atoms with Crippen LogP contribution in [0.25, 0.3) is 0 Å². The molecule has 1 atom stereocenters. The van der Waals surface area contributed by atoms with Crippen molar-refractivity contribution in [2.24, 2.45) is 0 Å². The summed E-state index contributed by atoms with van der Waals surface area (Å²) >= 11 is 0. The average Bonchev–Trinajstić information content (AvgIpc) is 3.20. The predicted molar refractivity (Wildman–Crippen MR) is 81.5 cm³/mol. The lowest BCUT2D eigenvalue weighted by Crippen LogP contribution is -2.35. The van der Waals surface area contributed by atoms with Gasteiger partial charge in [0.1, 0.15) is 5.76 Å². The van der Waals surface area contributed by atoms with E-state index in [1.165, 1.54) is 0 Å². The van der Waals surface area contributed by atoms with Crippen LogP contribution >= 0.6 is 0 Å². The number of benzene rings is 1. The van der Waals surface area contributed by atoms with Gasteiger partial charge in [-0.05, 0) is 49.6 Å². The van der Waals surface area contributed by atoms with Crippen molar-refractivity contribution in [2.45, 2.75) is 38.3 Å². The minimum Gasteiger partial charge on any atom is -0.467 e. The molecule has 1 saturated carbocycles. The molecule has 3 rings (SSSR count). The van der Waals surface area contributed by atoms with Crippen LogP contribution in [0.3, 0.4) is 0 Å². The first kappa shape index (κ1) is 13.7. The van der Waals surface area contributed by atoms with E-state index in [1.807, 2.05) is 48.2 Å². The average molecular weight is 284 g/mol. The second kappa shape index (κ2) is 5.64. The number of anilines is 1. The van der Waals surface area contributed by atoms with Crippen molar-refractivity contribution < 1.29 is 9.21 Å². The topological polar surface area (TPSA) is 59.5 Å². The van der Waals surface area contributed by atoms with Crippen molar-refractivity contribution in [3.05, 3.63) is 54.0 Å². The fourth-order valence-electron chi connectivity index (χ4n) is 2.56. The number of nitrogen functional groups attached to an aromatic ring is 1. The van der Waals surface area contributed by atoms with Crippen LogP contribution in [0, 0.1) is 0 Å². The van der Waals surface area contributed by atoms with Gasteiger partial charge in [-0.2, -0.15) is 0 Å². The highest BCUT2D eigenvalue weighted by atomic mass is 16.3. The molecule has 1 heterocycles. The summed E-state index contributed by atoms with van der Waals surface area (Å²) in [6.45, 7) is 2.48. The van der Waals surface area contributed by atoms with Crippen molar-refractivity contribution in [3.63, 3.8) is 0 Å². The van der Waals surface area contributed by atoms with Crippen LogP contribution in [0.2, 0.25) is 0 Å². The molecule has 1 aliphatic rings. The third-order valence-corrected chi connectivity index (χ3v) is 3.96. The molecule has 1 aromatic heterocycles. The van der Waals surface area contributed by atoms with Crippen LogP contribution in [-0.4, -0.2) is 16.8 Å². The van der Waals surface area contributed by atoms with Gasteiger partial charge >= 0.3 is 0 Å². The van der Waals surface area contributed by atoms with E-state index in [2.05, 4.69) is 0 Å². The molecule has 2 aromatic rings. The Balaban J connectivity index is 1.77. The van der Waals surface area contributed by atoms with Gasteiger partial charge < -0.3 is 15.1 Å². The zero-order chi connectivity index (χ0) is 14.8. The summed E-state index contributed by atoms with van der Waals surface area (Å²) in [7, 11) is 0. The van der Waals surface area contributed by atoms with Crippen LogP contribution in [0.15, 0.2) is 47.1 Å². The summed E-state index contributed by atoms with van der Waals surface area (Å²) in [4.78, 5) is 14.7. The Hall–Kier alpha value is -2.23. The Morgan fingerprint density at radius 3 is 2.81 bits per heavy atom. The summed E-state index contributed by atoms with van der Waals surface area (Å²) in [5.41, 5.74) is 7.47. The molecule has 21 heavy (non-hydrogen) atoms. The van der Waals surface area contributed by atoms with Crippen molar-refractivity contribution in [2.75, 3.05) is 5.73 Å². The fraction of sp³-hybridized carbons (Fsp3) is 0.353. The van der Waals surface area contributed by atoms with Crippen LogP contribution in [-0.2, 0) is 11.3 Å². The first-order chi connectivity index (χ1) is 10.1. The number of hydrogen-bond donors (Lipinski definition) is 1. The van der Waals surface area contributed by atoms with Gasteiger partial charge in [0.25, 0.3) is 0 Å². The molecule has 0 aliphatic heterocycles. The van der Waals surface area contributed by atoms with E-state index < -0.39 is 0 Å². The highest BCUT2D eigenvalue weighted by Gasteiger charge is 2.35. The summed E-state index contributed by atoms with van der Waals surface area (Å²) < 4.78 is 5.38. The molecule has 1 aliphatic carbocycles. The van der Waals surface area contributed by atoms with Gasteiger partial charge in [-0.3, -0.25) is 4.79 Å². The van der Waals surface area contributed by atoms with Crippen LogP contribution in [0.4, 0.5) is 5.69 Å². The molecule has 1 fully saturated rings. The molecule has 1 unspecified atom stereocenters. The zero-order valence-corrected chi connectivity index (χ0v) is 12.2. The maximum Gasteiger partial charge on any atom is 0.230 e. The Labute approximate surface area is 124 Å². The number of carbonyl (C=O) groups excluding carboxylic acids is 1. The SMILES string of the molecule is CC(C(=O)N(Cc1ccco1)C1CC1)c1cccc(N)c1. The molecule has 0 saturated heterocycles. The number of amides is 1. The Morgan fingerprint density at radius 1 is 1.38 bits per heavy atom. The van der Waals surface area contributed by atoms with Crippen LogP contribution in [0.1, 0.15) is 37.0 Å². The summed E-state index contributed by atoms with van der Waals surface area (Å²) in [5, 5.41) is 0. The molecule has 4 nitrogen and oxygen atoms in total. The molecule has 1 amide bonds. The van der Waals surface area contributed by atoms with Gasteiger partial charge in [0.05, 0.1) is 18.7 Å². The van der Waals surface area contributed by atoms with Gasteiger partial charge in [-0.25, -0.2) is 0 Å². The molecule has 1 aromatic carbocycles. The van der Waals surface area contributed by atoms with Crippen molar-refractivity contribution in [1.29, 1.82) is 0 Å². The molecule has 110 valence electrons. The monoisotopic (exact) mass is 284 g/mol. The number of carbonyl (C=O) groups is 1. The number of nitrogens with zero attached hydrogens (tertiary/aromatic N) is 1. The van der Waals surface area contributed by atoms with E-state index in [4.69, 9.17) is 10.2 Å². The molecular weight excluding hydrogens is 264 g/mol. The first-order valence-corrected chi connectivity index (χ1v) is 7.33. The van der Waals surface area contributed by atoms with Gasteiger partial charge in [-0.1, -0.05) is 12.1 Å². The highest BCUT2D eigenvalue weighted by Crippen LogP contribution is 2.32. The predicted octanol–water partition coefficient (Wildman–Crippen LogP) is 3.16. The molecule has 0 radical (unpaired) electrons. The lowest BCUT2D eigenvalue weighted by molar-refractivity contribution is -0.133. The molecule has 0 bridgehead atoms. The summed E-state index contributed by atoms with van der Waals surface area (Å²) in [6, 6.07) is 11.7.